The predicted octanol–water partition coefficient (Wildman–Crippen LogP) is -0.00350. The number of carboxylic acids is 2. The van der Waals surface area contributed by atoms with Crippen molar-refractivity contribution in [2.24, 2.45) is 5.41 Å². The average Bonchev–Trinajstić information content (AvgIpc) is 2.39. The fraction of sp³-hybridized carbons (Fsp3) is 0.800. The van der Waals surface area contributed by atoms with E-state index in [4.69, 9.17) is 15.1 Å². The Bertz CT molecular complexity index is 530. The van der Waals surface area contributed by atoms with E-state index < -0.39 is 53.4 Å². The molecular weight excluding hydrogens is 322 g/mol. The van der Waals surface area contributed by atoms with E-state index >= 15 is 0 Å². The summed E-state index contributed by atoms with van der Waals surface area (Å²) in [6.07, 6.45) is -2.37. The summed E-state index contributed by atoms with van der Waals surface area (Å²) in [5, 5.41) is 39.1. The number of carbonyl (C=O) groups is 3. The van der Waals surface area contributed by atoms with Gasteiger partial charge >= 0.3 is 17.9 Å². The van der Waals surface area contributed by atoms with Gasteiger partial charge in [-0.25, -0.2) is 4.79 Å². The second kappa shape index (κ2) is 6.66. The van der Waals surface area contributed by atoms with Crippen LogP contribution in [0.4, 0.5) is 0 Å². The summed E-state index contributed by atoms with van der Waals surface area (Å²) < 4.78 is 0. The molecule has 1 rings (SSSR count). The van der Waals surface area contributed by atoms with Gasteiger partial charge in [0.1, 0.15) is 0 Å². The van der Waals surface area contributed by atoms with Crippen molar-refractivity contribution in [1.82, 2.24) is 5.06 Å². The standard InChI is InChI=1S/C15H25NO8/c1-13(2)9(17)5-6-16(14(13,3)4)24-11(20)8-15(23,12(21)22)7-10(18)19/h9,17,23H,5-8H2,1-4H3,(H,18,19)(H,21,22). The van der Waals surface area contributed by atoms with Gasteiger partial charge in [0.25, 0.3) is 0 Å². The van der Waals surface area contributed by atoms with Crippen LogP contribution in [0.2, 0.25) is 0 Å². The predicted molar refractivity (Wildman–Crippen MR) is 80.7 cm³/mol. The molecule has 138 valence electrons. The van der Waals surface area contributed by atoms with Crippen LogP contribution in [0, 0.1) is 5.41 Å². The normalized spacial score (nSPS) is 25.5. The number of aliphatic hydroxyl groups is 2. The maximum absolute atomic E-state index is 12.1. The summed E-state index contributed by atoms with van der Waals surface area (Å²) in [5.41, 5.74) is -4.11. The average molecular weight is 347 g/mol. The molecule has 2 atom stereocenters. The molecule has 1 saturated heterocycles. The highest BCUT2D eigenvalue weighted by Gasteiger charge is 2.52. The molecule has 9 heteroatoms. The number of aliphatic hydroxyl groups excluding tert-OH is 1. The van der Waals surface area contributed by atoms with Gasteiger partial charge < -0.3 is 25.3 Å². The van der Waals surface area contributed by atoms with E-state index in [2.05, 4.69) is 0 Å². The third-order valence-electron chi connectivity index (χ3n) is 5.13. The minimum Gasteiger partial charge on any atom is -0.481 e. The molecule has 4 N–H and O–H groups in total. The molecule has 24 heavy (non-hydrogen) atoms. The van der Waals surface area contributed by atoms with Crippen molar-refractivity contribution in [3.63, 3.8) is 0 Å². The topological polar surface area (TPSA) is 145 Å². The van der Waals surface area contributed by atoms with Crippen LogP contribution < -0.4 is 0 Å². The second-order valence-electron chi connectivity index (χ2n) is 7.23. The third kappa shape index (κ3) is 3.85. The van der Waals surface area contributed by atoms with Gasteiger partial charge in [-0.15, -0.1) is 5.06 Å². The van der Waals surface area contributed by atoms with Crippen molar-refractivity contribution in [3.8, 4) is 0 Å². The molecular formula is C15H25NO8. The fourth-order valence-corrected chi connectivity index (χ4v) is 2.63. The summed E-state index contributed by atoms with van der Waals surface area (Å²) in [7, 11) is 0. The highest BCUT2D eigenvalue weighted by Crippen LogP contribution is 2.43. The SMILES string of the molecule is CC1(C)C(O)CCN(OC(=O)CC(O)(CC(=O)O)C(=O)O)C1(C)C. The van der Waals surface area contributed by atoms with Crippen LogP contribution in [-0.2, 0) is 19.2 Å². The monoisotopic (exact) mass is 347 g/mol. The molecule has 0 aromatic heterocycles. The number of carbonyl (C=O) groups excluding carboxylic acids is 1. The summed E-state index contributed by atoms with van der Waals surface area (Å²) in [6.45, 7) is 7.39. The first-order valence-corrected chi connectivity index (χ1v) is 7.58. The lowest BCUT2D eigenvalue weighted by Gasteiger charge is -2.53. The minimum atomic E-state index is -2.74. The van der Waals surface area contributed by atoms with E-state index in [1.165, 1.54) is 5.06 Å². The number of rotatable bonds is 6. The largest absolute Gasteiger partial charge is 0.481 e. The Kier molecular flexibility index (Phi) is 5.64. The number of piperidine rings is 1. The number of hydrogen-bond donors (Lipinski definition) is 4. The Labute approximate surface area is 139 Å². The number of hydrogen-bond acceptors (Lipinski definition) is 7. The molecule has 0 aliphatic carbocycles. The number of carboxylic acid groups (broad SMARTS) is 2. The molecule has 0 spiro atoms. The summed E-state index contributed by atoms with van der Waals surface area (Å²) in [5.74, 6) is -4.41. The Morgan fingerprint density at radius 3 is 2.17 bits per heavy atom. The summed E-state index contributed by atoms with van der Waals surface area (Å²) in [6, 6.07) is 0. The molecule has 9 nitrogen and oxygen atoms in total. The lowest BCUT2D eigenvalue weighted by Crippen LogP contribution is -2.63. The van der Waals surface area contributed by atoms with Crippen molar-refractivity contribution in [3.05, 3.63) is 0 Å². The Morgan fingerprint density at radius 1 is 1.17 bits per heavy atom. The molecule has 1 aliphatic rings. The van der Waals surface area contributed by atoms with Crippen molar-refractivity contribution >= 4 is 17.9 Å². The minimum absolute atomic E-state index is 0.230. The highest BCUT2D eigenvalue weighted by molar-refractivity contribution is 5.88. The quantitative estimate of drug-likeness (QED) is 0.521. The zero-order valence-electron chi connectivity index (χ0n) is 14.3. The zero-order valence-corrected chi connectivity index (χ0v) is 14.3. The van der Waals surface area contributed by atoms with Crippen molar-refractivity contribution in [1.29, 1.82) is 0 Å². The molecule has 0 aromatic carbocycles. The second-order valence-corrected chi connectivity index (χ2v) is 7.23. The third-order valence-corrected chi connectivity index (χ3v) is 5.13. The molecule has 0 aromatic rings. The first-order valence-electron chi connectivity index (χ1n) is 7.58. The Balaban J connectivity index is 2.87. The molecule has 1 fully saturated rings. The molecule has 2 unspecified atom stereocenters. The molecule has 0 amide bonds. The number of aliphatic carboxylic acids is 2. The maximum Gasteiger partial charge on any atom is 0.336 e. The van der Waals surface area contributed by atoms with Gasteiger partial charge in [-0.2, -0.15) is 0 Å². The summed E-state index contributed by atoms with van der Waals surface area (Å²) in [4.78, 5) is 39.0. The Hall–Kier alpha value is -1.71. The molecule has 0 bridgehead atoms. The smallest absolute Gasteiger partial charge is 0.336 e. The lowest BCUT2D eigenvalue weighted by molar-refractivity contribution is -0.266. The van der Waals surface area contributed by atoms with E-state index in [-0.39, 0.29) is 6.54 Å². The van der Waals surface area contributed by atoms with E-state index in [0.29, 0.717) is 6.42 Å². The first kappa shape index (κ1) is 20.3. The van der Waals surface area contributed by atoms with E-state index in [1.807, 2.05) is 13.8 Å². The fourth-order valence-electron chi connectivity index (χ4n) is 2.63. The number of nitrogens with zero attached hydrogens (tertiary/aromatic N) is 1. The molecule has 1 heterocycles. The maximum atomic E-state index is 12.1. The van der Waals surface area contributed by atoms with Crippen LogP contribution in [0.3, 0.4) is 0 Å². The van der Waals surface area contributed by atoms with Gasteiger partial charge in [-0.1, -0.05) is 13.8 Å². The van der Waals surface area contributed by atoms with Crippen molar-refractivity contribution < 1.29 is 39.6 Å². The zero-order chi connectivity index (χ0) is 18.9. The van der Waals surface area contributed by atoms with Crippen LogP contribution >= 0.6 is 0 Å². The molecule has 0 saturated carbocycles. The van der Waals surface area contributed by atoms with Gasteiger partial charge in [-0.3, -0.25) is 9.59 Å². The van der Waals surface area contributed by atoms with Gasteiger partial charge in [0.05, 0.1) is 24.5 Å². The van der Waals surface area contributed by atoms with Crippen LogP contribution in [0.5, 0.6) is 0 Å². The lowest BCUT2D eigenvalue weighted by atomic mass is 9.67. The van der Waals surface area contributed by atoms with Crippen LogP contribution in [0.25, 0.3) is 0 Å². The van der Waals surface area contributed by atoms with Gasteiger partial charge in [-0.05, 0) is 20.3 Å². The number of hydroxylamine groups is 2. The molecule has 1 aliphatic heterocycles. The van der Waals surface area contributed by atoms with Crippen molar-refractivity contribution in [2.75, 3.05) is 6.54 Å². The van der Waals surface area contributed by atoms with Crippen molar-refractivity contribution in [2.45, 2.75) is 64.2 Å². The van der Waals surface area contributed by atoms with Crippen LogP contribution in [-0.4, -0.2) is 67.2 Å². The van der Waals surface area contributed by atoms with Gasteiger partial charge in [0, 0.05) is 12.0 Å². The van der Waals surface area contributed by atoms with E-state index in [9.17, 15) is 24.6 Å². The Morgan fingerprint density at radius 2 is 1.71 bits per heavy atom. The van der Waals surface area contributed by atoms with Gasteiger partial charge in [0.15, 0.2) is 5.60 Å². The molecule has 0 radical (unpaired) electrons. The van der Waals surface area contributed by atoms with Gasteiger partial charge in [0.2, 0.25) is 0 Å². The van der Waals surface area contributed by atoms with E-state index in [1.54, 1.807) is 13.8 Å². The van der Waals surface area contributed by atoms with E-state index in [0.717, 1.165) is 0 Å². The highest BCUT2D eigenvalue weighted by atomic mass is 16.7. The summed E-state index contributed by atoms with van der Waals surface area (Å²) >= 11 is 0. The van der Waals surface area contributed by atoms with Crippen LogP contribution in [0.15, 0.2) is 0 Å². The van der Waals surface area contributed by atoms with Crippen LogP contribution in [0.1, 0.15) is 47.0 Å². The first-order chi connectivity index (χ1) is 10.7.